The van der Waals surface area contributed by atoms with Crippen LogP contribution < -0.4 is 9.46 Å². The molecular formula is C20H26N2O5S2. The van der Waals surface area contributed by atoms with Gasteiger partial charge in [0.25, 0.3) is 0 Å². The minimum atomic E-state index is -3.46. The third-order valence-electron chi connectivity index (χ3n) is 4.83. The number of nitrogens with one attached hydrogen (secondary N) is 1. The predicted octanol–water partition coefficient (Wildman–Crippen LogP) is 2.28. The molecule has 0 radical (unpaired) electrons. The van der Waals surface area contributed by atoms with Crippen LogP contribution >= 0.6 is 0 Å². The number of benzene rings is 2. The summed E-state index contributed by atoms with van der Waals surface area (Å²) in [6, 6.07) is 13.6. The SMILES string of the molecule is Cc1ccccc1CS(=O)(=O)NCCOc1ccc(S(=O)(=O)N2CCCC2)cc1. The molecule has 9 heteroatoms. The summed E-state index contributed by atoms with van der Waals surface area (Å²) in [6.07, 6.45) is 1.78. The van der Waals surface area contributed by atoms with Crippen molar-refractivity contribution < 1.29 is 21.6 Å². The Morgan fingerprint density at radius 1 is 0.966 bits per heavy atom. The molecule has 2 aromatic rings. The van der Waals surface area contributed by atoms with Crippen LogP contribution in [0.3, 0.4) is 0 Å². The molecule has 7 nitrogen and oxygen atoms in total. The van der Waals surface area contributed by atoms with Crippen molar-refractivity contribution in [3.05, 3.63) is 59.7 Å². The molecule has 1 aliphatic heterocycles. The van der Waals surface area contributed by atoms with Crippen molar-refractivity contribution in [3.8, 4) is 5.75 Å². The Morgan fingerprint density at radius 2 is 1.62 bits per heavy atom. The van der Waals surface area contributed by atoms with Crippen molar-refractivity contribution in [3.63, 3.8) is 0 Å². The van der Waals surface area contributed by atoms with E-state index in [1.807, 2.05) is 25.1 Å². The second kappa shape index (κ2) is 9.25. The molecule has 2 aromatic carbocycles. The van der Waals surface area contributed by atoms with E-state index in [0.717, 1.165) is 24.0 Å². The molecule has 1 heterocycles. The van der Waals surface area contributed by atoms with Gasteiger partial charge in [0.1, 0.15) is 12.4 Å². The largest absolute Gasteiger partial charge is 0.492 e. The Balaban J connectivity index is 1.49. The summed E-state index contributed by atoms with van der Waals surface area (Å²) in [5, 5.41) is 0. The number of ether oxygens (including phenoxy) is 1. The maximum Gasteiger partial charge on any atom is 0.243 e. The van der Waals surface area contributed by atoms with Crippen LogP contribution in [0.4, 0.5) is 0 Å². The molecule has 0 bridgehead atoms. The highest BCUT2D eigenvalue weighted by Crippen LogP contribution is 2.22. The fourth-order valence-electron chi connectivity index (χ4n) is 3.18. The van der Waals surface area contributed by atoms with Crippen LogP contribution in [-0.2, 0) is 25.8 Å². The van der Waals surface area contributed by atoms with Gasteiger partial charge in [0.15, 0.2) is 0 Å². The number of sulfonamides is 2. The second-order valence-corrected chi connectivity index (χ2v) is 10.8. The van der Waals surface area contributed by atoms with Gasteiger partial charge in [-0.15, -0.1) is 0 Å². The number of hydrogen-bond acceptors (Lipinski definition) is 5. The molecule has 1 fully saturated rings. The molecule has 0 amide bonds. The Morgan fingerprint density at radius 3 is 2.28 bits per heavy atom. The molecule has 0 aliphatic carbocycles. The van der Waals surface area contributed by atoms with Crippen LogP contribution in [0, 0.1) is 6.92 Å². The summed E-state index contributed by atoms with van der Waals surface area (Å²) in [7, 11) is -6.91. The lowest BCUT2D eigenvalue weighted by Crippen LogP contribution is -2.29. The van der Waals surface area contributed by atoms with Crippen LogP contribution in [0.15, 0.2) is 53.4 Å². The van der Waals surface area contributed by atoms with Gasteiger partial charge in [0, 0.05) is 19.6 Å². The predicted molar refractivity (Wildman–Crippen MR) is 112 cm³/mol. The van der Waals surface area contributed by atoms with Crippen molar-refractivity contribution >= 4 is 20.0 Å². The van der Waals surface area contributed by atoms with Gasteiger partial charge in [-0.2, -0.15) is 4.31 Å². The van der Waals surface area contributed by atoms with E-state index < -0.39 is 20.0 Å². The molecule has 1 saturated heterocycles. The highest BCUT2D eigenvalue weighted by atomic mass is 32.2. The molecule has 3 rings (SSSR count). The van der Waals surface area contributed by atoms with E-state index >= 15 is 0 Å². The van der Waals surface area contributed by atoms with E-state index in [1.54, 1.807) is 18.2 Å². The van der Waals surface area contributed by atoms with Gasteiger partial charge in [-0.05, 0) is 55.2 Å². The Hall–Kier alpha value is -1.94. The summed E-state index contributed by atoms with van der Waals surface area (Å²) >= 11 is 0. The standard InChI is InChI=1S/C20H26N2O5S2/c1-17-6-2-3-7-18(17)16-28(23,24)21-12-15-27-19-8-10-20(11-9-19)29(25,26)22-13-4-5-14-22/h2-3,6-11,21H,4-5,12-16H2,1H3. The van der Waals surface area contributed by atoms with Crippen LogP contribution in [0.25, 0.3) is 0 Å². The van der Waals surface area contributed by atoms with E-state index in [9.17, 15) is 16.8 Å². The molecule has 29 heavy (non-hydrogen) atoms. The molecule has 0 aromatic heterocycles. The lowest BCUT2D eigenvalue weighted by molar-refractivity contribution is 0.322. The molecule has 0 saturated carbocycles. The summed E-state index contributed by atoms with van der Waals surface area (Å²) in [4.78, 5) is 0.241. The summed E-state index contributed by atoms with van der Waals surface area (Å²) in [5.74, 6) is 0.409. The molecular weight excluding hydrogens is 412 g/mol. The Bertz CT molecular complexity index is 1030. The zero-order valence-corrected chi connectivity index (χ0v) is 18.0. The van der Waals surface area contributed by atoms with Crippen LogP contribution in [-0.4, -0.2) is 47.4 Å². The monoisotopic (exact) mass is 438 g/mol. The van der Waals surface area contributed by atoms with Crippen molar-refractivity contribution in [2.75, 3.05) is 26.2 Å². The number of hydrogen-bond donors (Lipinski definition) is 1. The Kier molecular flexibility index (Phi) is 6.94. The molecule has 0 spiro atoms. The van der Waals surface area contributed by atoms with Crippen LogP contribution in [0.5, 0.6) is 5.75 Å². The Labute approximate surface area is 172 Å². The average molecular weight is 439 g/mol. The lowest BCUT2D eigenvalue weighted by atomic mass is 10.1. The van der Waals surface area contributed by atoms with Crippen LogP contribution in [0.1, 0.15) is 24.0 Å². The molecule has 0 atom stereocenters. The first-order valence-corrected chi connectivity index (χ1v) is 12.6. The fourth-order valence-corrected chi connectivity index (χ4v) is 5.93. The van der Waals surface area contributed by atoms with E-state index in [2.05, 4.69) is 4.72 Å². The number of rotatable bonds is 9. The van der Waals surface area contributed by atoms with Gasteiger partial charge in [-0.3, -0.25) is 0 Å². The first kappa shape index (κ1) is 21.8. The van der Waals surface area contributed by atoms with Crippen molar-refractivity contribution in [1.29, 1.82) is 0 Å². The highest BCUT2D eigenvalue weighted by Gasteiger charge is 2.26. The first-order valence-electron chi connectivity index (χ1n) is 9.53. The van der Waals surface area contributed by atoms with E-state index in [-0.39, 0.29) is 23.8 Å². The van der Waals surface area contributed by atoms with Gasteiger partial charge in [0.05, 0.1) is 10.6 Å². The fraction of sp³-hybridized carbons (Fsp3) is 0.400. The van der Waals surface area contributed by atoms with Gasteiger partial charge in [-0.1, -0.05) is 24.3 Å². The molecule has 158 valence electrons. The highest BCUT2D eigenvalue weighted by molar-refractivity contribution is 7.89. The number of nitrogens with zero attached hydrogens (tertiary/aromatic N) is 1. The summed E-state index contributed by atoms with van der Waals surface area (Å²) in [6.45, 7) is 3.27. The second-order valence-electron chi connectivity index (χ2n) is 7.01. The summed E-state index contributed by atoms with van der Waals surface area (Å²) < 4.78 is 59.0. The number of aryl methyl sites for hydroxylation is 1. The van der Waals surface area contributed by atoms with Crippen molar-refractivity contribution in [1.82, 2.24) is 9.03 Å². The summed E-state index contributed by atoms with van der Waals surface area (Å²) in [5.41, 5.74) is 1.69. The van der Waals surface area contributed by atoms with E-state index in [1.165, 1.54) is 16.4 Å². The van der Waals surface area contributed by atoms with Gasteiger partial charge in [0.2, 0.25) is 20.0 Å². The first-order chi connectivity index (χ1) is 13.8. The normalized spacial score (nSPS) is 15.5. The third kappa shape index (κ3) is 5.79. The van der Waals surface area contributed by atoms with Crippen molar-refractivity contribution in [2.24, 2.45) is 0 Å². The lowest BCUT2D eigenvalue weighted by Gasteiger charge is -2.15. The minimum Gasteiger partial charge on any atom is -0.492 e. The van der Waals surface area contributed by atoms with Crippen molar-refractivity contribution in [2.45, 2.75) is 30.4 Å². The zero-order valence-electron chi connectivity index (χ0n) is 16.4. The van der Waals surface area contributed by atoms with Gasteiger partial charge in [-0.25, -0.2) is 21.6 Å². The average Bonchev–Trinajstić information content (AvgIpc) is 3.23. The topological polar surface area (TPSA) is 92.8 Å². The third-order valence-corrected chi connectivity index (χ3v) is 8.07. The zero-order chi connectivity index (χ0) is 20.9. The molecule has 1 N–H and O–H groups in total. The maximum atomic E-state index is 12.5. The molecule has 0 unspecified atom stereocenters. The van der Waals surface area contributed by atoms with Crippen LogP contribution in [0.2, 0.25) is 0 Å². The minimum absolute atomic E-state index is 0.0806. The smallest absolute Gasteiger partial charge is 0.243 e. The van der Waals surface area contributed by atoms with E-state index in [0.29, 0.717) is 18.8 Å². The van der Waals surface area contributed by atoms with Gasteiger partial charge >= 0.3 is 0 Å². The van der Waals surface area contributed by atoms with E-state index in [4.69, 9.17) is 4.74 Å². The molecule has 1 aliphatic rings. The quantitative estimate of drug-likeness (QED) is 0.607. The van der Waals surface area contributed by atoms with Gasteiger partial charge < -0.3 is 4.74 Å². The maximum absolute atomic E-state index is 12.5.